The molecule has 3 aromatic rings. The van der Waals surface area contributed by atoms with E-state index in [1.54, 1.807) is 18.2 Å². The van der Waals surface area contributed by atoms with Crippen LogP contribution in [0.3, 0.4) is 0 Å². The first kappa shape index (κ1) is 16.6. The highest BCUT2D eigenvalue weighted by Gasteiger charge is 2.12. The van der Waals surface area contributed by atoms with Crippen molar-refractivity contribution in [1.29, 1.82) is 0 Å². The van der Waals surface area contributed by atoms with E-state index in [1.165, 1.54) is 7.11 Å². The van der Waals surface area contributed by atoms with Crippen LogP contribution in [0.5, 0.6) is 5.88 Å². The van der Waals surface area contributed by atoms with Crippen LogP contribution >= 0.6 is 0 Å². The van der Waals surface area contributed by atoms with Crippen LogP contribution in [0.2, 0.25) is 0 Å². The second-order valence-electron chi connectivity index (χ2n) is 5.44. The summed E-state index contributed by atoms with van der Waals surface area (Å²) in [6.07, 6.45) is 0.575. The number of methoxy groups -OCH3 is 1. The maximum atomic E-state index is 12.1. The van der Waals surface area contributed by atoms with Gasteiger partial charge in [0.15, 0.2) is 5.82 Å². The summed E-state index contributed by atoms with van der Waals surface area (Å²) in [5.74, 6) is 1.77. The molecule has 0 spiro atoms. The number of pyridine rings is 1. The molecular weight excluding hydrogens is 318 g/mol. The van der Waals surface area contributed by atoms with E-state index in [1.807, 2.05) is 41.9 Å². The maximum Gasteiger partial charge on any atom is 0.270 e. The van der Waals surface area contributed by atoms with Crippen molar-refractivity contribution >= 4 is 5.91 Å². The van der Waals surface area contributed by atoms with Crippen LogP contribution in [0, 0.1) is 0 Å². The molecule has 7 nitrogen and oxygen atoms in total. The van der Waals surface area contributed by atoms with Crippen molar-refractivity contribution in [3.05, 3.63) is 60.0 Å². The molecule has 0 aliphatic rings. The fourth-order valence-electron chi connectivity index (χ4n) is 2.45. The molecule has 0 saturated heterocycles. The number of nitrogens with one attached hydrogen (secondary N) is 1. The van der Waals surface area contributed by atoms with Gasteiger partial charge in [-0.25, -0.2) is 4.98 Å². The number of aromatic nitrogens is 4. The van der Waals surface area contributed by atoms with Gasteiger partial charge in [-0.3, -0.25) is 4.79 Å². The molecule has 0 saturated carbocycles. The van der Waals surface area contributed by atoms with Crippen LogP contribution in [0.25, 0.3) is 11.4 Å². The number of rotatable bonds is 6. The lowest BCUT2D eigenvalue weighted by molar-refractivity contribution is 0.0948. The van der Waals surface area contributed by atoms with Crippen molar-refractivity contribution in [3.8, 4) is 17.3 Å². The Kier molecular flexibility index (Phi) is 5.03. The maximum absolute atomic E-state index is 12.1. The first-order chi connectivity index (χ1) is 12.2. The van der Waals surface area contributed by atoms with Crippen LogP contribution in [0.15, 0.2) is 48.5 Å². The van der Waals surface area contributed by atoms with Gasteiger partial charge < -0.3 is 14.6 Å². The van der Waals surface area contributed by atoms with Gasteiger partial charge in [-0.2, -0.15) is 0 Å². The monoisotopic (exact) mass is 337 g/mol. The van der Waals surface area contributed by atoms with Gasteiger partial charge >= 0.3 is 0 Å². The quantitative estimate of drug-likeness (QED) is 0.742. The van der Waals surface area contributed by atoms with E-state index >= 15 is 0 Å². The topological polar surface area (TPSA) is 81.9 Å². The van der Waals surface area contributed by atoms with Gasteiger partial charge in [-0.1, -0.05) is 36.4 Å². The Morgan fingerprint density at radius 1 is 1.12 bits per heavy atom. The number of ether oxygens (including phenoxy) is 1. The van der Waals surface area contributed by atoms with E-state index in [0.717, 1.165) is 17.2 Å². The van der Waals surface area contributed by atoms with Crippen molar-refractivity contribution in [3.63, 3.8) is 0 Å². The molecule has 7 heteroatoms. The van der Waals surface area contributed by atoms with Crippen molar-refractivity contribution in [2.75, 3.05) is 13.7 Å². The lowest BCUT2D eigenvalue weighted by Crippen LogP contribution is -2.27. The summed E-state index contributed by atoms with van der Waals surface area (Å²) >= 11 is 0. The molecule has 0 aliphatic carbocycles. The summed E-state index contributed by atoms with van der Waals surface area (Å²) in [5, 5.41) is 11.3. The second kappa shape index (κ2) is 7.57. The van der Waals surface area contributed by atoms with Crippen molar-refractivity contribution in [2.45, 2.75) is 6.42 Å². The van der Waals surface area contributed by atoms with E-state index in [2.05, 4.69) is 20.5 Å². The number of hydrogen-bond acceptors (Lipinski definition) is 5. The van der Waals surface area contributed by atoms with Crippen molar-refractivity contribution < 1.29 is 9.53 Å². The van der Waals surface area contributed by atoms with E-state index in [-0.39, 0.29) is 5.91 Å². The minimum atomic E-state index is -0.246. The van der Waals surface area contributed by atoms with Crippen LogP contribution in [0.1, 0.15) is 16.3 Å². The Morgan fingerprint density at radius 3 is 2.68 bits per heavy atom. The molecule has 1 N–H and O–H groups in total. The Morgan fingerprint density at radius 2 is 1.92 bits per heavy atom. The van der Waals surface area contributed by atoms with Gasteiger partial charge in [0.25, 0.3) is 5.91 Å². The predicted molar refractivity (Wildman–Crippen MR) is 93.3 cm³/mol. The minimum absolute atomic E-state index is 0.246. The van der Waals surface area contributed by atoms with Gasteiger partial charge in [-0.05, 0) is 6.07 Å². The number of hydrogen-bond donors (Lipinski definition) is 1. The zero-order chi connectivity index (χ0) is 17.6. The fraction of sp³-hybridized carbons (Fsp3) is 0.222. The number of carbonyl (C=O) groups is 1. The SMILES string of the molecule is COc1cccc(C(=O)NCCc2nnc(-c3ccccc3)n2C)n1. The zero-order valence-corrected chi connectivity index (χ0v) is 14.1. The summed E-state index contributed by atoms with van der Waals surface area (Å²) in [5.41, 5.74) is 1.33. The molecule has 0 aliphatic heterocycles. The highest BCUT2D eigenvalue weighted by atomic mass is 16.5. The number of nitrogens with zero attached hydrogens (tertiary/aromatic N) is 4. The third kappa shape index (κ3) is 3.82. The Hall–Kier alpha value is -3.22. The molecule has 25 heavy (non-hydrogen) atoms. The molecule has 0 atom stereocenters. The predicted octanol–water partition coefficient (Wildman–Crippen LogP) is 1.86. The number of carbonyl (C=O) groups excluding carboxylic acids is 1. The summed E-state index contributed by atoms with van der Waals surface area (Å²) in [6, 6.07) is 14.9. The fourth-order valence-corrected chi connectivity index (χ4v) is 2.45. The molecule has 3 rings (SSSR count). The molecule has 0 bridgehead atoms. The van der Waals surface area contributed by atoms with Crippen molar-refractivity contribution in [2.24, 2.45) is 7.05 Å². The van der Waals surface area contributed by atoms with Gasteiger partial charge in [0, 0.05) is 31.6 Å². The lowest BCUT2D eigenvalue weighted by Gasteiger charge is -2.06. The molecule has 2 aromatic heterocycles. The average molecular weight is 337 g/mol. The van der Waals surface area contributed by atoms with E-state index < -0.39 is 0 Å². The third-order valence-corrected chi connectivity index (χ3v) is 3.80. The normalized spacial score (nSPS) is 10.5. The van der Waals surface area contributed by atoms with E-state index in [4.69, 9.17) is 4.74 Å². The standard InChI is InChI=1S/C18H19N5O2/c1-23-15(21-22-17(23)13-7-4-3-5-8-13)11-12-19-18(24)14-9-6-10-16(20-14)25-2/h3-10H,11-12H2,1-2H3,(H,19,24). The summed E-state index contributed by atoms with van der Waals surface area (Å²) in [7, 11) is 3.44. The first-order valence-corrected chi connectivity index (χ1v) is 7.92. The van der Waals surface area contributed by atoms with Gasteiger partial charge in [0.1, 0.15) is 11.5 Å². The van der Waals surface area contributed by atoms with Gasteiger partial charge in [-0.15, -0.1) is 10.2 Å². The molecule has 128 valence electrons. The molecule has 0 fully saturated rings. The zero-order valence-electron chi connectivity index (χ0n) is 14.1. The Bertz CT molecular complexity index is 861. The number of amides is 1. The van der Waals surface area contributed by atoms with Crippen LogP contribution in [-0.2, 0) is 13.5 Å². The first-order valence-electron chi connectivity index (χ1n) is 7.92. The summed E-state index contributed by atoms with van der Waals surface area (Å²) in [4.78, 5) is 16.3. The molecule has 2 heterocycles. The van der Waals surface area contributed by atoms with Gasteiger partial charge in [0.2, 0.25) is 5.88 Å². The van der Waals surface area contributed by atoms with E-state index in [9.17, 15) is 4.79 Å². The third-order valence-electron chi connectivity index (χ3n) is 3.80. The second-order valence-corrected chi connectivity index (χ2v) is 5.44. The van der Waals surface area contributed by atoms with E-state index in [0.29, 0.717) is 24.5 Å². The molecule has 1 aromatic carbocycles. The molecule has 0 radical (unpaired) electrons. The van der Waals surface area contributed by atoms with Crippen LogP contribution in [-0.4, -0.2) is 39.3 Å². The Labute approximate surface area is 145 Å². The molecule has 1 amide bonds. The largest absolute Gasteiger partial charge is 0.481 e. The molecular formula is C18H19N5O2. The smallest absolute Gasteiger partial charge is 0.270 e. The summed E-state index contributed by atoms with van der Waals surface area (Å²) in [6.45, 7) is 0.443. The van der Waals surface area contributed by atoms with Crippen LogP contribution < -0.4 is 10.1 Å². The highest BCUT2D eigenvalue weighted by Crippen LogP contribution is 2.16. The van der Waals surface area contributed by atoms with Gasteiger partial charge in [0.05, 0.1) is 7.11 Å². The Balaban J connectivity index is 1.61. The minimum Gasteiger partial charge on any atom is -0.481 e. The van der Waals surface area contributed by atoms with Crippen LogP contribution in [0.4, 0.5) is 0 Å². The lowest BCUT2D eigenvalue weighted by atomic mass is 10.2. The molecule has 0 unspecified atom stereocenters. The average Bonchev–Trinajstić information content (AvgIpc) is 3.03. The summed E-state index contributed by atoms with van der Waals surface area (Å²) < 4.78 is 6.96. The number of benzene rings is 1. The van der Waals surface area contributed by atoms with Crippen molar-refractivity contribution in [1.82, 2.24) is 25.1 Å². The highest BCUT2D eigenvalue weighted by molar-refractivity contribution is 5.92.